The van der Waals surface area contributed by atoms with Crippen LogP contribution >= 0.6 is 0 Å². The molecule has 1 atom stereocenters. The van der Waals surface area contributed by atoms with Gasteiger partial charge in [0.15, 0.2) is 6.61 Å². The number of carbonyl (C=O) groups excluding carboxylic acids is 1. The summed E-state index contributed by atoms with van der Waals surface area (Å²) in [5, 5.41) is 9.09. The molecular formula is C17H21NO5. The van der Waals surface area contributed by atoms with Crippen LogP contribution in [0.2, 0.25) is 0 Å². The van der Waals surface area contributed by atoms with Crippen molar-refractivity contribution in [1.82, 2.24) is 4.90 Å². The number of carbonyl (C=O) groups is 2. The van der Waals surface area contributed by atoms with Crippen LogP contribution in [0.4, 0.5) is 0 Å². The molecule has 1 aliphatic carbocycles. The summed E-state index contributed by atoms with van der Waals surface area (Å²) in [4.78, 5) is 25.0. The van der Waals surface area contributed by atoms with Crippen molar-refractivity contribution in [3.63, 3.8) is 0 Å². The zero-order chi connectivity index (χ0) is 16.4. The number of benzene rings is 1. The Morgan fingerprint density at radius 2 is 2.00 bits per heavy atom. The lowest BCUT2D eigenvalue weighted by Gasteiger charge is -2.32. The Labute approximate surface area is 135 Å². The molecule has 1 aromatic rings. The highest BCUT2D eigenvalue weighted by molar-refractivity contribution is 5.78. The molecule has 6 heteroatoms. The molecule has 1 spiro atoms. The highest BCUT2D eigenvalue weighted by Gasteiger charge is 2.59. The number of methoxy groups -OCH3 is 1. The fourth-order valence-corrected chi connectivity index (χ4v) is 3.38. The number of likely N-dealkylation sites (tertiary alicyclic amines) is 1. The highest BCUT2D eigenvalue weighted by Crippen LogP contribution is 2.59. The number of carboxylic acids is 1. The van der Waals surface area contributed by atoms with E-state index in [9.17, 15) is 9.59 Å². The molecule has 1 saturated heterocycles. The fraction of sp³-hybridized carbons (Fsp3) is 0.529. The summed E-state index contributed by atoms with van der Waals surface area (Å²) in [7, 11) is 1.58. The molecule has 1 unspecified atom stereocenters. The summed E-state index contributed by atoms with van der Waals surface area (Å²) in [6, 6.07) is 7.14. The second kappa shape index (κ2) is 6.10. The number of hydrogen-bond acceptors (Lipinski definition) is 4. The van der Waals surface area contributed by atoms with Crippen molar-refractivity contribution in [3.8, 4) is 11.5 Å². The van der Waals surface area contributed by atoms with Crippen molar-refractivity contribution in [2.24, 2.45) is 11.3 Å². The molecule has 0 aromatic heterocycles. The molecule has 1 N–H and O–H groups in total. The third-order valence-corrected chi connectivity index (χ3v) is 5.00. The Kier molecular flexibility index (Phi) is 4.15. The second-order valence-corrected chi connectivity index (χ2v) is 6.31. The number of hydrogen-bond donors (Lipinski definition) is 1. The molecule has 0 bridgehead atoms. The minimum absolute atomic E-state index is 0.0114. The van der Waals surface area contributed by atoms with Crippen LogP contribution in [0.1, 0.15) is 19.3 Å². The molecule has 0 radical (unpaired) electrons. The fourth-order valence-electron chi connectivity index (χ4n) is 3.38. The van der Waals surface area contributed by atoms with Gasteiger partial charge in [0.2, 0.25) is 0 Å². The van der Waals surface area contributed by atoms with Crippen molar-refractivity contribution < 1.29 is 24.2 Å². The summed E-state index contributed by atoms with van der Waals surface area (Å²) in [6.45, 7) is 1.22. The molecular weight excluding hydrogens is 298 g/mol. The van der Waals surface area contributed by atoms with Crippen molar-refractivity contribution in [3.05, 3.63) is 24.3 Å². The Hall–Kier alpha value is -2.24. The first-order chi connectivity index (χ1) is 11.0. The zero-order valence-corrected chi connectivity index (χ0v) is 13.2. The first-order valence-electron chi connectivity index (χ1n) is 7.81. The average molecular weight is 319 g/mol. The van der Waals surface area contributed by atoms with Gasteiger partial charge in [-0.3, -0.25) is 9.59 Å². The van der Waals surface area contributed by atoms with E-state index in [-0.39, 0.29) is 23.8 Å². The number of nitrogens with zero attached hydrogens (tertiary/aromatic N) is 1. The Bertz CT molecular complexity index is 607. The first kappa shape index (κ1) is 15.6. The predicted octanol–water partition coefficient (Wildman–Crippen LogP) is 1.79. The van der Waals surface area contributed by atoms with Gasteiger partial charge in [-0.1, -0.05) is 6.07 Å². The Balaban J connectivity index is 1.47. The summed E-state index contributed by atoms with van der Waals surface area (Å²) in [5.41, 5.74) is -0.0593. The van der Waals surface area contributed by atoms with E-state index in [1.54, 1.807) is 24.1 Å². The van der Waals surface area contributed by atoms with Crippen LogP contribution in [0, 0.1) is 11.3 Å². The maximum Gasteiger partial charge on any atom is 0.307 e. The molecule has 1 aromatic carbocycles. The predicted molar refractivity (Wildman–Crippen MR) is 82.5 cm³/mol. The van der Waals surface area contributed by atoms with Crippen LogP contribution in [-0.4, -0.2) is 48.7 Å². The van der Waals surface area contributed by atoms with Gasteiger partial charge >= 0.3 is 5.97 Å². The third-order valence-electron chi connectivity index (χ3n) is 5.00. The molecule has 3 rings (SSSR count). The topological polar surface area (TPSA) is 76.1 Å². The highest BCUT2D eigenvalue weighted by atomic mass is 16.5. The molecule has 1 heterocycles. The number of carboxylic acid groups (broad SMARTS) is 1. The summed E-state index contributed by atoms with van der Waals surface area (Å²) in [5.74, 6) is 0.303. The lowest BCUT2D eigenvalue weighted by atomic mass is 9.91. The van der Waals surface area contributed by atoms with Crippen LogP contribution in [0.5, 0.6) is 11.5 Å². The van der Waals surface area contributed by atoms with E-state index in [1.165, 1.54) is 0 Å². The molecule has 1 aliphatic heterocycles. The number of amides is 1. The smallest absolute Gasteiger partial charge is 0.307 e. The van der Waals surface area contributed by atoms with Gasteiger partial charge in [0, 0.05) is 19.2 Å². The van der Waals surface area contributed by atoms with Crippen LogP contribution in [0.25, 0.3) is 0 Å². The van der Waals surface area contributed by atoms with E-state index >= 15 is 0 Å². The van der Waals surface area contributed by atoms with E-state index < -0.39 is 5.97 Å². The van der Waals surface area contributed by atoms with Crippen molar-refractivity contribution >= 4 is 11.9 Å². The van der Waals surface area contributed by atoms with E-state index in [0.717, 1.165) is 19.3 Å². The quantitative estimate of drug-likeness (QED) is 0.895. The van der Waals surface area contributed by atoms with Gasteiger partial charge in [-0.05, 0) is 36.8 Å². The third kappa shape index (κ3) is 3.25. The van der Waals surface area contributed by atoms with Crippen molar-refractivity contribution in [2.75, 3.05) is 26.8 Å². The number of ether oxygens (including phenoxy) is 2. The lowest BCUT2D eigenvalue weighted by Crippen LogP contribution is -2.42. The van der Waals surface area contributed by atoms with E-state index in [1.807, 2.05) is 12.1 Å². The maximum absolute atomic E-state index is 12.2. The maximum atomic E-state index is 12.2. The molecule has 1 saturated carbocycles. The van der Waals surface area contributed by atoms with Gasteiger partial charge in [0.25, 0.3) is 5.91 Å². The molecule has 6 nitrogen and oxygen atoms in total. The van der Waals surface area contributed by atoms with Gasteiger partial charge in [-0.2, -0.15) is 0 Å². The van der Waals surface area contributed by atoms with E-state index in [0.29, 0.717) is 24.6 Å². The number of rotatable bonds is 5. The van der Waals surface area contributed by atoms with Gasteiger partial charge in [-0.15, -0.1) is 0 Å². The molecule has 1 amide bonds. The Morgan fingerprint density at radius 3 is 2.61 bits per heavy atom. The standard InChI is InChI=1S/C17H21NO5/c1-22-12-3-2-4-13(9-12)23-11-15(19)18-7-5-17(6-8-18)10-14(17)16(20)21/h2-4,9,14H,5-8,10-11H2,1H3,(H,20,21). The summed E-state index contributed by atoms with van der Waals surface area (Å²) >= 11 is 0. The van der Waals surface area contributed by atoms with Crippen molar-refractivity contribution in [2.45, 2.75) is 19.3 Å². The van der Waals surface area contributed by atoms with Gasteiger partial charge in [0.1, 0.15) is 11.5 Å². The monoisotopic (exact) mass is 319 g/mol. The lowest BCUT2D eigenvalue weighted by molar-refractivity contribution is -0.140. The number of piperidine rings is 1. The van der Waals surface area contributed by atoms with Crippen LogP contribution < -0.4 is 9.47 Å². The molecule has 23 heavy (non-hydrogen) atoms. The minimum Gasteiger partial charge on any atom is -0.497 e. The average Bonchev–Trinajstić information content (AvgIpc) is 3.27. The summed E-state index contributed by atoms with van der Waals surface area (Å²) < 4.78 is 10.6. The molecule has 2 aliphatic rings. The van der Waals surface area contributed by atoms with Crippen LogP contribution in [0.15, 0.2) is 24.3 Å². The minimum atomic E-state index is -0.703. The van der Waals surface area contributed by atoms with E-state index in [4.69, 9.17) is 14.6 Å². The van der Waals surface area contributed by atoms with Gasteiger partial charge in [0.05, 0.1) is 13.0 Å². The molecule has 2 fully saturated rings. The zero-order valence-electron chi connectivity index (χ0n) is 13.2. The van der Waals surface area contributed by atoms with Crippen LogP contribution in [0.3, 0.4) is 0 Å². The van der Waals surface area contributed by atoms with Gasteiger partial charge < -0.3 is 19.5 Å². The first-order valence-corrected chi connectivity index (χ1v) is 7.81. The SMILES string of the molecule is COc1cccc(OCC(=O)N2CCC3(CC2)CC3C(=O)O)c1. The molecule has 124 valence electrons. The normalized spacial score (nSPS) is 21.8. The van der Waals surface area contributed by atoms with E-state index in [2.05, 4.69) is 0 Å². The second-order valence-electron chi connectivity index (χ2n) is 6.31. The van der Waals surface area contributed by atoms with Gasteiger partial charge in [-0.25, -0.2) is 0 Å². The summed E-state index contributed by atoms with van der Waals surface area (Å²) in [6.07, 6.45) is 2.30. The van der Waals surface area contributed by atoms with Crippen LogP contribution in [-0.2, 0) is 9.59 Å². The largest absolute Gasteiger partial charge is 0.497 e. The number of aliphatic carboxylic acids is 1. The Morgan fingerprint density at radius 1 is 1.30 bits per heavy atom. The van der Waals surface area contributed by atoms with Crippen molar-refractivity contribution in [1.29, 1.82) is 0 Å².